The number of anilines is 2. The maximum atomic E-state index is 12.3. The summed E-state index contributed by atoms with van der Waals surface area (Å²) in [6.45, 7) is 1.75. The van der Waals surface area contributed by atoms with Crippen LogP contribution in [-0.2, 0) is 4.79 Å². The molecule has 2 aromatic carbocycles. The second kappa shape index (κ2) is 7.06. The van der Waals surface area contributed by atoms with Gasteiger partial charge < -0.3 is 16.4 Å². The van der Waals surface area contributed by atoms with Crippen LogP contribution in [0.1, 0.15) is 15.9 Å². The number of amides is 2. The van der Waals surface area contributed by atoms with E-state index in [1.165, 1.54) is 0 Å². The van der Waals surface area contributed by atoms with Crippen LogP contribution in [-0.4, -0.2) is 18.4 Å². The molecule has 5 nitrogen and oxygen atoms in total. The van der Waals surface area contributed by atoms with Gasteiger partial charge >= 0.3 is 0 Å². The Morgan fingerprint density at radius 2 is 1.86 bits per heavy atom. The number of nitrogens with two attached hydrogens (primary N) is 1. The third-order valence-electron chi connectivity index (χ3n) is 2.97. The van der Waals surface area contributed by atoms with Crippen LogP contribution in [0.3, 0.4) is 0 Å². The number of halogens is 1. The maximum absolute atomic E-state index is 12.3. The lowest BCUT2D eigenvalue weighted by Gasteiger charge is -2.12. The van der Waals surface area contributed by atoms with Crippen molar-refractivity contribution in [3.8, 4) is 0 Å². The van der Waals surface area contributed by atoms with Gasteiger partial charge in [-0.3, -0.25) is 9.59 Å². The van der Waals surface area contributed by atoms with Gasteiger partial charge in [-0.05, 0) is 37.3 Å². The highest BCUT2D eigenvalue weighted by atomic mass is 35.5. The van der Waals surface area contributed by atoms with Crippen molar-refractivity contribution in [2.45, 2.75) is 6.92 Å². The molecular formula is C16H16ClN3O2. The summed E-state index contributed by atoms with van der Waals surface area (Å²) in [7, 11) is 0. The van der Waals surface area contributed by atoms with Gasteiger partial charge in [0.15, 0.2) is 0 Å². The van der Waals surface area contributed by atoms with Gasteiger partial charge in [0.05, 0.1) is 17.9 Å². The molecule has 22 heavy (non-hydrogen) atoms. The summed E-state index contributed by atoms with van der Waals surface area (Å²) in [6, 6.07) is 12.0. The molecule has 0 aromatic heterocycles. The predicted octanol–water partition coefficient (Wildman–Crippen LogP) is 2.80. The summed E-state index contributed by atoms with van der Waals surface area (Å²) in [6.07, 6.45) is 0. The molecule has 2 amide bonds. The van der Waals surface area contributed by atoms with E-state index in [4.69, 9.17) is 17.3 Å². The van der Waals surface area contributed by atoms with Crippen LogP contribution in [0.2, 0.25) is 5.02 Å². The van der Waals surface area contributed by atoms with E-state index in [0.29, 0.717) is 22.0 Å². The van der Waals surface area contributed by atoms with Crippen LogP contribution in [0.4, 0.5) is 11.4 Å². The summed E-state index contributed by atoms with van der Waals surface area (Å²) < 4.78 is 0. The first kappa shape index (κ1) is 16.0. The van der Waals surface area contributed by atoms with Gasteiger partial charge in [-0.2, -0.15) is 0 Å². The van der Waals surface area contributed by atoms with E-state index in [-0.39, 0.29) is 18.4 Å². The molecule has 4 N–H and O–H groups in total. The van der Waals surface area contributed by atoms with Crippen molar-refractivity contribution >= 4 is 34.8 Å². The van der Waals surface area contributed by atoms with E-state index in [1.807, 2.05) is 19.1 Å². The van der Waals surface area contributed by atoms with Crippen LogP contribution >= 0.6 is 11.6 Å². The minimum atomic E-state index is -0.367. The molecule has 0 fully saturated rings. The van der Waals surface area contributed by atoms with E-state index in [0.717, 1.165) is 5.56 Å². The number of hydrogen-bond donors (Lipinski definition) is 3. The van der Waals surface area contributed by atoms with Crippen molar-refractivity contribution in [3.63, 3.8) is 0 Å². The normalized spacial score (nSPS) is 10.1. The minimum Gasteiger partial charge on any atom is -0.323 e. The molecule has 0 unspecified atom stereocenters. The summed E-state index contributed by atoms with van der Waals surface area (Å²) in [5.74, 6) is -0.636. The SMILES string of the molecule is Cc1cccc(C(=O)Nc2ccc(Cl)cc2NC(=O)CN)c1. The van der Waals surface area contributed by atoms with Crippen LogP contribution in [0, 0.1) is 6.92 Å². The molecule has 0 spiro atoms. The fourth-order valence-electron chi connectivity index (χ4n) is 1.91. The van der Waals surface area contributed by atoms with E-state index in [9.17, 15) is 9.59 Å². The summed E-state index contributed by atoms with van der Waals surface area (Å²) >= 11 is 5.92. The van der Waals surface area contributed by atoms with Crippen molar-refractivity contribution in [2.24, 2.45) is 5.73 Å². The van der Waals surface area contributed by atoms with Gasteiger partial charge in [0.2, 0.25) is 5.91 Å². The van der Waals surface area contributed by atoms with Crippen molar-refractivity contribution < 1.29 is 9.59 Å². The van der Waals surface area contributed by atoms with Crippen molar-refractivity contribution in [3.05, 3.63) is 58.6 Å². The van der Waals surface area contributed by atoms with Crippen molar-refractivity contribution in [2.75, 3.05) is 17.2 Å². The number of nitrogens with one attached hydrogen (secondary N) is 2. The molecule has 114 valence electrons. The predicted molar refractivity (Wildman–Crippen MR) is 88.3 cm³/mol. The highest BCUT2D eigenvalue weighted by molar-refractivity contribution is 6.31. The average molecular weight is 318 g/mol. The standard InChI is InChI=1S/C16H16ClN3O2/c1-10-3-2-4-11(7-10)16(22)20-13-6-5-12(17)8-14(13)19-15(21)9-18/h2-8H,9,18H2,1H3,(H,19,21)(H,20,22). The number of benzene rings is 2. The Bertz CT molecular complexity index is 716. The Labute approximate surface area is 133 Å². The molecule has 6 heteroatoms. The van der Waals surface area contributed by atoms with Crippen LogP contribution in [0.15, 0.2) is 42.5 Å². The molecule has 0 saturated heterocycles. The molecule has 0 bridgehead atoms. The van der Waals surface area contributed by atoms with Crippen LogP contribution in [0.5, 0.6) is 0 Å². The lowest BCUT2D eigenvalue weighted by atomic mass is 10.1. The highest BCUT2D eigenvalue weighted by Crippen LogP contribution is 2.26. The second-order valence-electron chi connectivity index (χ2n) is 4.77. The minimum absolute atomic E-state index is 0.155. The largest absolute Gasteiger partial charge is 0.323 e. The number of rotatable bonds is 4. The highest BCUT2D eigenvalue weighted by Gasteiger charge is 2.11. The fraction of sp³-hybridized carbons (Fsp3) is 0.125. The number of carbonyl (C=O) groups is 2. The summed E-state index contributed by atoms with van der Waals surface area (Å²) in [5, 5.41) is 5.81. The molecule has 2 aromatic rings. The zero-order chi connectivity index (χ0) is 16.1. The lowest BCUT2D eigenvalue weighted by Crippen LogP contribution is -2.23. The monoisotopic (exact) mass is 317 g/mol. The molecule has 0 aliphatic heterocycles. The van der Waals surface area contributed by atoms with Crippen molar-refractivity contribution in [1.82, 2.24) is 0 Å². The van der Waals surface area contributed by atoms with E-state index in [1.54, 1.807) is 30.3 Å². The zero-order valence-corrected chi connectivity index (χ0v) is 12.8. The molecule has 0 atom stereocenters. The Morgan fingerprint density at radius 3 is 2.55 bits per heavy atom. The third kappa shape index (κ3) is 4.07. The molecule has 0 saturated carbocycles. The lowest BCUT2D eigenvalue weighted by molar-refractivity contribution is -0.114. The first-order chi connectivity index (χ1) is 10.5. The molecular weight excluding hydrogens is 302 g/mol. The summed E-state index contributed by atoms with van der Waals surface area (Å²) in [5.41, 5.74) is 7.67. The van der Waals surface area contributed by atoms with Gasteiger partial charge in [-0.1, -0.05) is 29.3 Å². The smallest absolute Gasteiger partial charge is 0.255 e. The fourth-order valence-corrected chi connectivity index (χ4v) is 2.08. The van der Waals surface area contributed by atoms with Gasteiger partial charge in [0.25, 0.3) is 5.91 Å². The van der Waals surface area contributed by atoms with Gasteiger partial charge in [-0.25, -0.2) is 0 Å². The first-order valence-corrected chi connectivity index (χ1v) is 7.05. The van der Waals surface area contributed by atoms with Crippen LogP contribution < -0.4 is 16.4 Å². The number of carbonyl (C=O) groups excluding carboxylic acids is 2. The zero-order valence-electron chi connectivity index (χ0n) is 12.0. The second-order valence-corrected chi connectivity index (χ2v) is 5.20. The molecule has 0 aliphatic carbocycles. The van der Waals surface area contributed by atoms with E-state index < -0.39 is 0 Å². The molecule has 0 heterocycles. The molecule has 2 rings (SSSR count). The molecule has 0 aliphatic rings. The third-order valence-corrected chi connectivity index (χ3v) is 3.20. The number of aryl methyl sites for hydroxylation is 1. The number of hydrogen-bond acceptors (Lipinski definition) is 3. The first-order valence-electron chi connectivity index (χ1n) is 6.67. The Morgan fingerprint density at radius 1 is 1.09 bits per heavy atom. The van der Waals surface area contributed by atoms with Gasteiger partial charge in [0, 0.05) is 10.6 Å². The van der Waals surface area contributed by atoms with Gasteiger partial charge in [-0.15, -0.1) is 0 Å². The topological polar surface area (TPSA) is 84.2 Å². The Hall–Kier alpha value is -2.37. The average Bonchev–Trinajstić information content (AvgIpc) is 2.49. The van der Waals surface area contributed by atoms with Crippen LogP contribution in [0.25, 0.3) is 0 Å². The van der Waals surface area contributed by atoms with Gasteiger partial charge in [0.1, 0.15) is 0 Å². The molecule has 0 radical (unpaired) electrons. The van der Waals surface area contributed by atoms with E-state index >= 15 is 0 Å². The maximum Gasteiger partial charge on any atom is 0.255 e. The quantitative estimate of drug-likeness (QED) is 0.810. The Kier molecular flexibility index (Phi) is 5.14. The van der Waals surface area contributed by atoms with Crippen molar-refractivity contribution in [1.29, 1.82) is 0 Å². The summed E-state index contributed by atoms with van der Waals surface area (Å²) in [4.78, 5) is 23.7. The Balaban J connectivity index is 2.25. The van der Waals surface area contributed by atoms with E-state index in [2.05, 4.69) is 10.6 Å².